The minimum absolute atomic E-state index is 0. The maximum absolute atomic E-state index is 3.27. The van der Waals surface area contributed by atoms with E-state index in [9.17, 15) is 0 Å². The molecule has 0 aromatic carbocycles. The zero-order valence-corrected chi connectivity index (χ0v) is 9.07. The molecule has 1 heterocycles. The molecule has 0 aromatic rings. The quantitative estimate of drug-likeness (QED) is 0.558. The normalized spacial score (nSPS) is 36.3. The van der Waals surface area contributed by atoms with Crippen LogP contribution in [0.2, 0.25) is 0 Å². The first kappa shape index (κ1) is 10.0. The van der Waals surface area contributed by atoms with Crippen molar-refractivity contribution in [3.05, 3.63) is 6.17 Å². The SMILES string of the molecule is C[C-]1NC(C)C(C)N1.[Y]. The van der Waals surface area contributed by atoms with E-state index in [2.05, 4.69) is 31.4 Å². The summed E-state index contributed by atoms with van der Waals surface area (Å²) in [5, 5.41) is 6.54. The van der Waals surface area contributed by atoms with E-state index >= 15 is 0 Å². The summed E-state index contributed by atoms with van der Waals surface area (Å²) < 4.78 is 0. The molecule has 0 aromatic heterocycles. The summed E-state index contributed by atoms with van der Waals surface area (Å²) in [5.74, 6) is 0. The van der Waals surface area contributed by atoms with Crippen molar-refractivity contribution in [3.8, 4) is 0 Å². The van der Waals surface area contributed by atoms with Gasteiger partial charge in [0.2, 0.25) is 0 Å². The number of nitrogens with one attached hydrogen (secondary N) is 2. The minimum Gasteiger partial charge on any atom is -0.450 e. The average Bonchev–Trinajstić information content (AvgIpc) is 1.85. The van der Waals surface area contributed by atoms with E-state index in [1.165, 1.54) is 6.17 Å². The van der Waals surface area contributed by atoms with Crippen LogP contribution in [0.1, 0.15) is 20.8 Å². The zero-order valence-electron chi connectivity index (χ0n) is 6.23. The molecule has 51 valence electrons. The molecule has 1 radical (unpaired) electrons. The summed E-state index contributed by atoms with van der Waals surface area (Å²) in [4.78, 5) is 0. The fraction of sp³-hybridized carbons (Fsp3) is 0.833. The molecule has 1 aliphatic rings. The van der Waals surface area contributed by atoms with Crippen LogP contribution in [0.4, 0.5) is 0 Å². The van der Waals surface area contributed by atoms with Crippen molar-refractivity contribution in [2.24, 2.45) is 0 Å². The summed E-state index contributed by atoms with van der Waals surface area (Å²) >= 11 is 0. The predicted molar refractivity (Wildman–Crippen MR) is 34.1 cm³/mol. The van der Waals surface area contributed by atoms with Gasteiger partial charge in [0.05, 0.1) is 0 Å². The molecule has 2 N–H and O–H groups in total. The molecule has 0 saturated carbocycles. The number of hydrogen-bond donors (Lipinski definition) is 2. The van der Waals surface area contributed by atoms with Crippen LogP contribution in [-0.2, 0) is 32.7 Å². The molecule has 1 saturated heterocycles. The summed E-state index contributed by atoms with van der Waals surface area (Å²) in [5.41, 5.74) is 0. The van der Waals surface area contributed by atoms with Gasteiger partial charge in [0.1, 0.15) is 0 Å². The van der Waals surface area contributed by atoms with Gasteiger partial charge in [-0.05, 0) is 12.1 Å². The molecule has 9 heavy (non-hydrogen) atoms. The molecule has 0 aliphatic carbocycles. The molecule has 3 heteroatoms. The third-order valence-electron chi connectivity index (χ3n) is 1.64. The van der Waals surface area contributed by atoms with Gasteiger partial charge >= 0.3 is 0 Å². The Kier molecular flexibility index (Phi) is 4.48. The Morgan fingerprint density at radius 3 is 1.56 bits per heavy atom. The first-order chi connectivity index (χ1) is 3.70. The van der Waals surface area contributed by atoms with Crippen LogP contribution in [0.5, 0.6) is 0 Å². The predicted octanol–water partition coefficient (Wildman–Crippen LogP) is 0.463. The standard InChI is InChI=1S/C6H13N2.Y/c1-4-5(2)8-6(3)7-4;/h4-5,7-8H,1-3H3;/q-1;. The van der Waals surface area contributed by atoms with Crippen molar-refractivity contribution in [2.45, 2.75) is 32.9 Å². The maximum Gasteiger partial charge on any atom is 0 e. The van der Waals surface area contributed by atoms with Gasteiger partial charge in [-0.2, -0.15) is 13.1 Å². The third kappa shape index (κ3) is 2.62. The van der Waals surface area contributed by atoms with Crippen molar-refractivity contribution in [2.75, 3.05) is 0 Å². The van der Waals surface area contributed by atoms with E-state index in [1.807, 2.05) is 0 Å². The van der Waals surface area contributed by atoms with E-state index in [4.69, 9.17) is 0 Å². The maximum atomic E-state index is 3.27. The van der Waals surface area contributed by atoms with Crippen LogP contribution in [-0.4, -0.2) is 12.1 Å². The van der Waals surface area contributed by atoms with Crippen molar-refractivity contribution in [1.29, 1.82) is 0 Å². The molecule has 2 atom stereocenters. The second-order valence-electron chi connectivity index (χ2n) is 2.49. The summed E-state index contributed by atoms with van der Waals surface area (Å²) in [6, 6.07) is 1.19. The Bertz CT molecular complexity index is 77.1. The largest absolute Gasteiger partial charge is 0.450 e. The molecule has 1 fully saturated rings. The van der Waals surface area contributed by atoms with Crippen LogP contribution in [0.15, 0.2) is 0 Å². The van der Waals surface area contributed by atoms with Crippen LogP contribution >= 0.6 is 0 Å². The minimum atomic E-state index is 0. The third-order valence-corrected chi connectivity index (χ3v) is 1.64. The van der Waals surface area contributed by atoms with Crippen molar-refractivity contribution in [3.63, 3.8) is 0 Å². The first-order valence-electron chi connectivity index (χ1n) is 3.07. The Balaban J connectivity index is 0.000000640. The van der Waals surface area contributed by atoms with Gasteiger partial charge in [-0.3, -0.25) is 0 Å². The fourth-order valence-electron chi connectivity index (χ4n) is 0.975. The van der Waals surface area contributed by atoms with Crippen LogP contribution < -0.4 is 10.6 Å². The van der Waals surface area contributed by atoms with E-state index in [-0.39, 0.29) is 32.7 Å². The van der Waals surface area contributed by atoms with Gasteiger partial charge in [0.15, 0.2) is 0 Å². The van der Waals surface area contributed by atoms with Crippen LogP contribution in [0.25, 0.3) is 0 Å². The van der Waals surface area contributed by atoms with Crippen molar-refractivity contribution >= 4 is 0 Å². The average molecular weight is 202 g/mol. The van der Waals surface area contributed by atoms with Crippen LogP contribution in [0, 0.1) is 6.17 Å². The Morgan fingerprint density at radius 1 is 1.11 bits per heavy atom. The fourth-order valence-corrected chi connectivity index (χ4v) is 0.975. The summed E-state index contributed by atoms with van der Waals surface area (Å²) in [7, 11) is 0. The molecule has 1 rings (SSSR count). The van der Waals surface area contributed by atoms with Gasteiger partial charge in [0.25, 0.3) is 0 Å². The van der Waals surface area contributed by atoms with E-state index in [1.54, 1.807) is 0 Å². The molecule has 1 aliphatic heterocycles. The number of hydrogen-bond acceptors (Lipinski definition) is 2. The Morgan fingerprint density at radius 2 is 1.44 bits per heavy atom. The van der Waals surface area contributed by atoms with Gasteiger partial charge in [0, 0.05) is 32.7 Å². The van der Waals surface area contributed by atoms with Crippen molar-refractivity contribution in [1.82, 2.24) is 10.6 Å². The summed E-state index contributed by atoms with van der Waals surface area (Å²) in [6.45, 7) is 6.41. The van der Waals surface area contributed by atoms with Gasteiger partial charge in [-0.15, -0.1) is 0 Å². The van der Waals surface area contributed by atoms with Gasteiger partial charge < -0.3 is 10.6 Å². The first-order valence-corrected chi connectivity index (χ1v) is 3.07. The monoisotopic (exact) mass is 202 g/mol. The molecule has 0 spiro atoms. The van der Waals surface area contributed by atoms with E-state index in [0.29, 0.717) is 12.1 Å². The van der Waals surface area contributed by atoms with Crippen molar-refractivity contribution < 1.29 is 32.7 Å². The van der Waals surface area contributed by atoms with Crippen LogP contribution in [0.3, 0.4) is 0 Å². The zero-order chi connectivity index (χ0) is 6.15. The Hall–Kier alpha value is 1.02. The molecular weight excluding hydrogens is 189 g/mol. The number of rotatable bonds is 0. The van der Waals surface area contributed by atoms with E-state index < -0.39 is 0 Å². The Labute approximate surface area is 82.0 Å². The van der Waals surface area contributed by atoms with E-state index in [0.717, 1.165) is 0 Å². The molecule has 0 bridgehead atoms. The molecule has 2 nitrogen and oxygen atoms in total. The van der Waals surface area contributed by atoms with Gasteiger partial charge in [-0.25, -0.2) is 0 Å². The van der Waals surface area contributed by atoms with Gasteiger partial charge in [-0.1, -0.05) is 13.8 Å². The molecular formula is C6H13N2Y-. The summed E-state index contributed by atoms with van der Waals surface area (Å²) in [6.07, 6.45) is 1.20. The molecule has 0 amide bonds. The molecule has 2 unspecified atom stereocenters. The second kappa shape index (κ2) is 4.02. The smallest absolute Gasteiger partial charge is 0 e. The second-order valence-corrected chi connectivity index (χ2v) is 2.49. The topological polar surface area (TPSA) is 24.1 Å².